The molecule has 0 heterocycles. The van der Waals surface area contributed by atoms with Crippen LogP contribution in [0.5, 0.6) is 0 Å². The van der Waals surface area contributed by atoms with Gasteiger partial charge in [-0.1, -0.05) is 0 Å². The molecule has 0 aliphatic carbocycles. The fourth-order valence-electron chi connectivity index (χ4n) is 1.02. The zero-order valence-electron chi connectivity index (χ0n) is 7.79. The summed E-state index contributed by atoms with van der Waals surface area (Å²) in [4.78, 5) is 11.7. The molecule has 0 spiro atoms. The van der Waals surface area contributed by atoms with Gasteiger partial charge in [-0.2, -0.15) is 0 Å². The third kappa shape index (κ3) is 2.15. The summed E-state index contributed by atoms with van der Waals surface area (Å²) < 4.78 is 0. The zero-order chi connectivity index (χ0) is 9.19. The van der Waals surface area contributed by atoms with Crippen molar-refractivity contribution >= 4 is 12.8 Å². The van der Waals surface area contributed by atoms with Crippen LogP contribution in [-0.2, 0) is 0 Å². The molecule has 1 nitrogen and oxygen atoms in total. The van der Waals surface area contributed by atoms with Gasteiger partial charge in [-0.05, 0) is 0 Å². The van der Waals surface area contributed by atoms with Gasteiger partial charge in [0.1, 0.15) is 0 Å². The first kappa shape index (κ1) is 9.41. The van der Waals surface area contributed by atoms with E-state index in [1.165, 1.54) is 0 Å². The van der Waals surface area contributed by atoms with Gasteiger partial charge in [0.25, 0.3) is 0 Å². The van der Waals surface area contributed by atoms with E-state index in [0.29, 0.717) is 5.52 Å². The predicted molar refractivity (Wildman–Crippen MR) is 56.9 cm³/mol. The van der Waals surface area contributed by atoms with Crippen molar-refractivity contribution in [3.05, 3.63) is 35.9 Å². The summed E-state index contributed by atoms with van der Waals surface area (Å²) in [7, 11) is -1.64. The Morgan fingerprint density at radius 3 is 2.00 bits per heavy atom. The van der Waals surface area contributed by atoms with Gasteiger partial charge in [-0.3, -0.25) is 0 Å². The Labute approximate surface area is 74.1 Å². The van der Waals surface area contributed by atoms with Crippen molar-refractivity contribution in [3.63, 3.8) is 0 Å². The summed E-state index contributed by atoms with van der Waals surface area (Å²) in [5.74, 6) is 0. The first-order valence-corrected chi connectivity index (χ1v) is 7.61. The van der Waals surface area contributed by atoms with Crippen molar-refractivity contribution in [2.75, 3.05) is 20.0 Å². The van der Waals surface area contributed by atoms with E-state index in [-0.39, 0.29) is 0 Å². The van der Waals surface area contributed by atoms with Crippen LogP contribution in [-0.4, -0.2) is 25.5 Å². The second-order valence-electron chi connectivity index (χ2n) is 3.95. The van der Waals surface area contributed by atoms with Crippen LogP contribution < -0.4 is 0 Å². The Bertz CT molecular complexity index is 272. The molecule has 0 bridgehead atoms. The van der Waals surface area contributed by atoms with Crippen molar-refractivity contribution in [1.82, 2.24) is 0 Å². The maximum absolute atomic E-state index is 11.7. The van der Waals surface area contributed by atoms with E-state index in [1.54, 1.807) is 0 Å². The van der Waals surface area contributed by atoms with Gasteiger partial charge in [-0.25, -0.2) is 0 Å². The summed E-state index contributed by atoms with van der Waals surface area (Å²) >= 11 is 0. The molecule has 1 aromatic carbocycles. The standard InChI is InChI=1S/C10H15OP/c1-12(2,3)10(11)9-7-5-4-6-8-9/h4-8,12H,1-3H3. The van der Waals surface area contributed by atoms with Gasteiger partial charge in [0.05, 0.1) is 0 Å². The third-order valence-corrected chi connectivity index (χ3v) is 3.37. The van der Waals surface area contributed by atoms with Gasteiger partial charge >= 0.3 is 73.5 Å². The molecule has 0 saturated heterocycles. The Morgan fingerprint density at radius 1 is 1.08 bits per heavy atom. The van der Waals surface area contributed by atoms with E-state index >= 15 is 0 Å². The van der Waals surface area contributed by atoms with Crippen LogP contribution in [0.15, 0.2) is 30.3 Å². The van der Waals surface area contributed by atoms with Crippen LogP contribution in [0.4, 0.5) is 0 Å². The number of rotatable bonds is 2. The van der Waals surface area contributed by atoms with Crippen molar-refractivity contribution < 1.29 is 4.79 Å². The molecule has 0 saturated carbocycles. The van der Waals surface area contributed by atoms with E-state index < -0.39 is 7.26 Å². The molecule has 1 aromatic rings. The minimum atomic E-state index is -1.64. The Kier molecular flexibility index (Phi) is 2.64. The van der Waals surface area contributed by atoms with Crippen molar-refractivity contribution in [2.45, 2.75) is 0 Å². The van der Waals surface area contributed by atoms with Gasteiger partial charge in [-0.15, -0.1) is 0 Å². The van der Waals surface area contributed by atoms with Crippen LogP contribution in [0.3, 0.4) is 0 Å². The molecule has 0 unspecified atom stereocenters. The fourth-order valence-corrected chi connectivity index (χ4v) is 2.06. The first-order valence-electron chi connectivity index (χ1n) is 4.11. The van der Waals surface area contributed by atoms with Crippen LogP contribution in [0.1, 0.15) is 10.4 Å². The molecule has 1 rings (SSSR count). The van der Waals surface area contributed by atoms with Crippen molar-refractivity contribution in [3.8, 4) is 0 Å². The fraction of sp³-hybridized carbons (Fsp3) is 0.300. The summed E-state index contributed by atoms with van der Waals surface area (Å²) in [6, 6.07) is 9.53. The summed E-state index contributed by atoms with van der Waals surface area (Å²) in [6.45, 7) is 6.22. The zero-order valence-corrected chi connectivity index (χ0v) is 8.79. The number of hydrogen-bond acceptors (Lipinski definition) is 1. The van der Waals surface area contributed by atoms with Gasteiger partial charge in [0, 0.05) is 0 Å². The topological polar surface area (TPSA) is 17.1 Å². The molecular formula is C10H15OP. The molecule has 2 heteroatoms. The van der Waals surface area contributed by atoms with Crippen LogP contribution in [0.2, 0.25) is 0 Å². The van der Waals surface area contributed by atoms with E-state index in [4.69, 9.17) is 0 Å². The van der Waals surface area contributed by atoms with Gasteiger partial charge < -0.3 is 0 Å². The number of carbonyl (C=O) groups excluding carboxylic acids is 1. The van der Waals surface area contributed by atoms with Crippen LogP contribution in [0, 0.1) is 0 Å². The van der Waals surface area contributed by atoms with Crippen LogP contribution in [0.25, 0.3) is 0 Å². The van der Waals surface area contributed by atoms with E-state index in [9.17, 15) is 4.79 Å². The molecule has 0 aromatic heterocycles. The van der Waals surface area contributed by atoms with Gasteiger partial charge in [0.15, 0.2) is 0 Å². The predicted octanol–water partition coefficient (Wildman–Crippen LogP) is 2.47. The minimum absolute atomic E-state index is 0.336. The monoisotopic (exact) mass is 182 g/mol. The summed E-state index contributed by atoms with van der Waals surface area (Å²) in [5.41, 5.74) is 1.19. The summed E-state index contributed by atoms with van der Waals surface area (Å²) in [5, 5.41) is 0. The Morgan fingerprint density at radius 2 is 1.58 bits per heavy atom. The number of hydrogen-bond donors (Lipinski definition) is 0. The maximum atomic E-state index is 11.7. The Hall–Kier alpha value is -0.680. The normalized spacial score (nSPS) is 12.6. The molecule has 0 N–H and O–H groups in total. The average Bonchev–Trinajstić information content (AvgIpc) is 2.03. The van der Waals surface area contributed by atoms with Crippen LogP contribution >= 0.6 is 7.26 Å². The number of carbonyl (C=O) groups is 1. The molecule has 0 aliphatic heterocycles. The molecule has 12 heavy (non-hydrogen) atoms. The first-order chi connectivity index (χ1) is 5.52. The quantitative estimate of drug-likeness (QED) is 0.642. The Balaban J connectivity index is 2.94. The molecular weight excluding hydrogens is 167 g/mol. The summed E-state index contributed by atoms with van der Waals surface area (Å²) in [6.07, 6.45) is 0. The average molecular weight is 182 g/mol. The molecule has 0 radical (unpaired) electrons. The number of benzene rings is 1. The van der Waals surface area contributed by atoms with E-state index in [1.807, 2.05) is 30.3 Å². The van der Waals surface area contributed by atoms with E-state index in [2.05, 4.69) is 20.0 Å². The molecule has 0 fully saturated rings. The SMILES string of the molecule is C[PH](C)(C)C(=O)c1ccccc1. The molecule has 0 atom stereocenters. The van der Waals surface area contributed by atoms with Crippen molar-refractivity contribution in [2.24, 2.45) is 0 Å². The van der Waals surface area contributed by atoms with Crippen molar-refractivity contribution in [1.29, 1.82) is 0 Å². The molecule has 0 aliphatic rings. The van der Waals surface area contributed by atoms with E-state index in [0.717, 1.165) is 5.56 Å². The second-order valence-corrected chi connectivity index (χ2v) is 8.90. The second kappa shape index (κ2) is 3.37. The molecule has 0 amide bonds. The van der Waals surface area contributed by atoms with Gasteiger partial charge in [0.2, 0.25) is 0 Å². The third-order valence-electron chi connectivity index (χ3n) is 1.72. The molecule has 66 valence electrons.